The number of hydrogen-bond acceptors (Lipinski definition) is 3. The van der Waals surface area contributed by atoms with Crippen molar-refractivity contribution in [2.75, 3.05) is 20.1 Å². The summed E-state index contributed by atoms with van der Waals surface area (Å²) in [7, 11) is 1.66. The summed E-state index contributed by atoms with van der Waals surface area (Å²) in [5.74, 6) is -0.112. The van der Waals surface area contributed by atoms with E-state index in [9.17, 15) is 9.59 Å². The number of pyridine rings is 1. The van der Waals surface area contributed by atoms with Crippen LogP contribution in [0.15, 0.2) is 53.9 Å². The molecule has 3 heterocycles. The Morgan fingerprint density at radius 1 is 1.18 bits per heavy atom. The second kappa shape index (κ2) is 7.45. The van der Waals surface area contributed by atoms with Gasteiger partial charge in [0, 0.05) is 31.9 Å². The van der Waals surface area contributed by atoms with E-state index in [2.05, 4.69) is 10.3 Å². The maximum absolute atomic E-state index is 13.2. The molecule has 0 radical (unpaired) electrons. The summed E-state index contributed by atoms with van der Waals surface area (Å²) in [5.41, 5.74) is 2.75. The van der Waals surface area contributed by atoms with Gasteiger partial charge in [0.1, 0.15) is 0 Å². The molecule has 2 aliphatic heterocycles. The Kier molecular flexibility index (Phi) is 5.00. The van der Waals surface area contributed by atoms with Gasteiger partial charge >= 0.3 is 6.03 Å². The molecule has 4 rings (SSSR count). The van der Waals surface area contributed by atoms with Crippen molar-refractivity contribution in [2.45, 2.75) is 12.5 Å². The smallest absolute Gasteiger partial charge is 0.322 e. The molecule has 0 saturated carbocycles. The lowest BCUT2D eigenvalue weighted by Gasteiger charge is -2.31. The van der Waals surface area contributed by atoms with Crippen molar-refractivity contribution in [2.24, 2.45) is 0 Å². The Morgan fingerprint density at radius 2 is 2.00 bits per heavy atom. The van der Waals surface area contributed by atoms with Crippen LogP contribution in [0.2, 0.25) is 10.0 Å². The standard InChI is InChI=1S/C20H18Cl2N4O2/c1-25-15-11-26(10-8-12-5-2-3-9-23-12)19(27)16(15)18(24-20(25)28)13-6-4-7-14(21)17(13)22/h2-7,9,18H,8,10-11H2,1H3,(H,24,28)/t18-/m1/s1. The van der Waals surface area contributed by atoms with Gasteiger partial charge in [-0.3, -0.25) is 14.7 Å². The minimum atomic E-state index is -0.628. The molecule has 3 amide bonds. The van der Waals surface area contributed by atoms with Crippen LogP contribution in [0.1, 0.15) is 17.3 Å². The highest BCUT2D eigenvalue weighted by atomic mass is 35.5. The number of halogens is 2. The van der Waals surface area contributed by atoms with Gasteiger partial charge in [-0.25, -0.2) is 4.79 Å². The van der Waals surface area contributed by atoms with Gasteiger partial charge in [0.2, 0.25) is 0 Å². The van der Waals surface area contributed by atoms with Gasteiger partial charge in [-0.2, -0.15) is 0 Å². The van der Waals surface area contributed by atoms with Crippen molar-refractivity contribution in [3.05, 3.63) is 75.2 Å². The van der Waals surface area contributed by atoms with Crippen LogP contribution in [0.4, 0.5) is 4.79 Å². The molecule has 0 bridgehead atoms. The summed E-state index contributed by atoms with van der Waals surface area (Å²) in [4.78, 5) is 33.2. The molecule has 0 unspecified atom stereocenters. The Balaban J connectivity index is 1.63. The van der Waals surface area contributed by atoms with Crippen molar-refractivity contribution in [1.82, 2.24) is 20.1 Å². The van der Waals surface area contributed by atoms with Gasteiger partial charge < -0.3 is 10.2 Å². The van der Waals surface area contributed by atoms with E-state index in [0.29, 0.717) is 46.4 Å². The summed E-state index contributed by atoms with van der Waals surface area (Å²) in [6.45, 7) is 0.889. The van der Waals surface area contributed by atoms with Crippen molar-refractivity contribution in [3.8, 4) is 0 Å². The molecule has 2 aromatic rings. The number of rotatable bonds is 4. The van der Waals surface area contributed by atoms with Crippen LogP contribution in [0.5, 0.6) is 0 Å². The Hall–Kier alpha value is -2.57. The minimum absolute atomic E-state index is 0.112. The number of amides is 3. The Bertz CT molecular complexity index is 977. The second-order valence-corrected chi connectivity index (χ2v) is 7.53. The summed E-state index contributed by atoms with van der Waals surface area (Å²) < 4.78 is 0. The van der Waals surface area contributed by atoms with E-state index in [0.717, 1.165) is 5.69 Å². The largest absolute Gasteiger partial charge is 0.333 e. The van der Waals surface area contributed by atoms with Crippen LogP contribution >= 0.6 is 23.2 Å². The minimum Gasteiger partial charge on any atom is -0.333 e. The molecule has 1 N–H and O–H groups in total. The fourth-order valence-electron chi connectivity index (χ4n) is 3.58. The zero-order valence-electron chi connectivity index (χ0n) is 15.2. The maximum Gasteiger partial charge on any atom is 0.322 e. The van der Waals surface area contributed by atoms with Crippen molar-refractivity contribution in [3.63, 3.8) is 0 Å². The Morgan fingerprint density at radius 3 is 2.75 bits per heavy atom. The van der Waals surface area contributed by atoms with E-state index in [1.807, 2.05) is 18.2 Å². The van der Waals surface area contributed by atoms with Crippen LogP contribution < -0.4 is 5.32 Å². The molecule has 6 nitrogen and oxygen atoms in total. The highest BCUT2D eigenvalue weighted by molar-refractivity contribution is 6.42. The Labute approximate surface area is 172 Å². The molecule has 1 aromatic heterocycles. The molecule has 0 spiro atoms. The number of likely N-dealkylation sites (N-methyl/N-ethyl adjacent to an activating group) is 1. The molecule has 28 heavy (non-hydrogen) atoms. The van der Waals surface area contributed by atoms with E-state index in [-0.39, 0.29) is 11.9 Å². The third-order valence-corrected chi connectivity index (χ3v) is 5.93. The van der Waals surface area contributed by atoms with E-state index in [4.69, 9.17) is 23.2 Å². The first-order valence-corrected chi connectivity index (χ1v) is 9.63. The summed E-state index contributed by atoms with van der Waals surface area (Å²) in [5, 5.41) is 3.59. The number of nitrogens with one attached hydrogen (secondary N) is 1. The number of urea groups is 1. The molecule has 8 heteroatoms. The van der Waals surface area contributed by atoms with Crippen LogP contribution in [0, 0.1) is 0 Å². The lowest BCUT2D eigenvalue weighted by molar-refractivity contribution is -0.125. The average molecular weight is 417 g/mol. The number of aromatic nitrogens is 1. The van der Waals surface area contributed by atoms with Gasteiger partial charge in [-0.05, 0) is 23.8 Å². The molecule has 0 aliphatic carbocycles. The molecule has 2 aliphatic rings. The number of nitrogens with zero attached hydrogens (tertiary/aromatic N) is 3. The van der Waals surface area contributed by atoms with E-state index in [1.165, 1.54) is 4.90 Å². The lowest BCUT2D eigenvalue weighted by Crippen LogP contribution is -2.45. The molecule has 1 aromatic carbocycles. The van der Waals surface area contributed by atoms with Gasteiger partial charge in [-0.15, -0.1) is 0 Å². The van der Waals surface area contributed by atoms with Crippen LogP contribution in [-0.2, 0) is 11.2 Å². The third kappa shape index (κ3) is 3.23. The topological polar surface area (TPSA) is 65.5 Å². The number of carbonyl (C=O) groups excluding carboxylic acids is 2. The zero-order valence-corrected chi connectivity index (χ0v) is 16.7. The highest BCUT2D eigenvalue weighted by Crippen LogP contribution is 2.39. The van der Waals surface area contributed by atoms with Gasteiger partial charge in [0.15, 0.2) is 0 Å². The SMILES string of the molecule is CN1C(=O)N[C@H](c2cccc(Cl)c2Cl)C2=C1CN(CCc1ccccn1)C2=O. The molecule has 0 fully saturated rings. The van der Waals surface area contributed by atoms with Crippen LogP contribution in [0.25, 0.3) is 0 Å². The molecule has 0 saturated heterocycles. The van der Waals surface area contributed by atoms with Gasteiger partial charge in [0.25, 0.3) is 5.91 Å². The summed E-state index contributed by atoms with van der Waals surface area (Å²) in [6.07, 6.45) is 2.37. The fraction of sp³-hybridized carbons (Fsp3) is 0.250. The van der Waals surface area contributed by atoms with Crippen molar-refractivity contribution < 1.29 is 9.59 Å². The van der Waals surface area contributed by atoms with Crippen LogP contribution in [-0.4, -0.2) is 46.9 Å². The average Bonchev–Trinajstić information content (AvgIpc) is 3.03. The summed E-state index contributed by atoms with van der Waals surface area (Å²) in [6, 6.07) is 10.0. The predicted molar refractivity (Wildman–Crippen MR) is 107 cm³/mol. The number of carbonyl (C=O) groups is 2. The molecular weight excluding hydrogens is 399 g/mol. The van der Waals surface area contributed by atoms with E-state index < -0.39 is 6.04 Å². The lowest BCUT2D eigenvalue weighted by atomic mass is 9.95. The monoisotopic (exact) mass is 416 g/mol. The normalized spacial score (nSPS) is 19.2. The predicted octanol–water partition coefficient (Wildman–Crippen LogP) is 3.42. The third-order valence-electron chi connectivity index (χ3n) is 5.09. The van der Waals surface area contributed by atoms with Crippen molar-refractivity contribution >= 4 is 35.1 Å². The molecular formula is C20H18Cl2N4O2. The first kappa shape index (κ1) is 18.8. The molecule has 144 valence electrons. The van der Waals surface area contributed by atoms with E-state index in [1.54, 1.807) is 36.3 Å². The maximum atomic E-state index is 13.2. The second-order valence-electron chi connectivity index (χ2n) is 6.74. The molecule has 1 atom stereocenters. The zero-order chi connectivity index (χ0) is 19.8. The van der Waals surface area contributed by atoms with Crippen molar-refractivity contribution in [1.29, 1.82) is 0 Å². The highest BCUT2D eigenvalue weighted by Gasteiger charge is 2.43. The fourth-order valence-corrected chi connectivity index (χ4v) is 3.99. The quantitative estimate of drug-likeness (QED) is 0.829. The van der Waals surface area contributed by atoms with Crippen LogP contribution in [0.3, 0.4) is 0 Å². The number of benzene rings is 1. The summed E-state index contributed by atoms with van der Waals surface area (Å²) >= 11 is 12.5. The van der Waals surface area contributed by atoms with Gasteiger partial charge in [0.05, 0.1) is 33.9 Å². The first-order chi connectivity index (χ1) is 13.5. The van der Waals surface area contributed by atoms with Gasteiger partial charge in [-0.1, -0.05) is 41.4 Å². The van der Waals surface area contributed by atoms with E-state index >= 15 is 0 Å². The first-order valence-electron chi connectivity index (χ1n) is 8.87. The number of hydrogen-bond donors (Lipinski definition) is 1.